The molecule has 0 saturated heterocycles. The molecule has 6 heteroatoms. The number of carbonyl (C=O) groups excluding carboxylic acids is 1. The minimum atomic E-state index is -0.969. The molecule has 3 rings (SSSR count). The van der Waals surface area contributed by atoms with Crippen LogP contribution in [-0.4, -0.2) is 10.9 Å². The van der Waals surface area contributed by atoms with E-state index in [1.807, 2.05) is 31.2 Å². The van der Waals surface area contributed by atoms with Crippen LogP contribution in [0.2, 0.25) is 0 Å². The molecular formula is C22H17F3N2O. The summed E-state index contributed by atoms with van der Waals surface area (Å²) in [6.45, 7) is 1.82. The van der Waals surface area contributed by atoms with E-state index in [0.29, 0.717) is 5.56 Å². The second kappa shape index (κ2) is 8.52. The highest BCUT2D eigenvalue weighted by Crippen LogP contribution is 2.23. The molecule has 1 heterocycles. The fourth-order valence-corrected chi connectivity index (χ4v) is 2.67. The van der Waals surface area contributed by atoms with Gasteiger partial charge in [-0.2, -0.15) is 4.39 Å². The van der Waals surface area contributed by atoms with Crippen LogP contribution in [-0.2, 0) is 4.79 Å². The van der Waals surface area contributed by atoms with Crippen LogP contribution in [0.25, 0.3) is 17.2 Å². The molecule has 1 N–H and O–H groups in total. The van der Waals surface area contributed by atoms with Gasteiger partial charge in [0.2, 0.25) is 11.9 Å². The maximum atomic E-state index is 13.2. The van der Waals surface area contributed by atoms with Gasteiger partial charge in [0.25, 0.3) is 0 Å². The number of nitrogens with zero attached hydrogens (tertiary/aromatic N) is 1. The zero-order chi connectivity index (χ0) is 20.1. The summed E-state index contributed by atoms with van der Waals surface area (Å²) in [5.41, 5.74) is 2.85. The van der Waals surface area contributed by atoms with Crippen molar-refractivity contribution in [3.05, 3.63) is 95.6 Å². The number of amides is 1. The molecule has 0 aliphatic heterocycles. The van der Waals surface area contributed by atoms with E-state index in [-0.39, 0.29) is 11.9 Å². The Balaban J connectivity index is 1.68. The van der Waals surface area contributed by atoms with Gasteiger partial charge < -0.3 is 5.32 Å². The molecule has 3 nitrogen and oxygen atoms in total. The predicted molar refractivity (Wildman–Crippen MR) is 102 cm³/mol. The maximum Gasteiger partial charge on any atom is 0.244 e. The van der Waals surface area contributed by atoms with Crippen LogP contribution in [0.1, 0.15) is 24.1 Å². The number of rotatable bonds is 5. The first-order chi connectivity index (χ1) is 13.4. The van der Waals surface area contributed by atoms with E-state index in [0.717, 1.165) is 28.8 Å². The van der Waals surface area contributed by atoms with E-state index in [1.165, 1.54) is 30.5 Å². The van der Waals surface area contributed by atoms with Crippen LogP contribution >= 0.6 is 0 Å². The summed E-state index contributed by atoms with van der Waals surface area (Å²) in [6, 6.07) is 13.5. The lowest BCUT2D eigenvalue weighted by Gasteiger charge is -2.14. The predicted octanol–water partition coefficient (Wildman–Crippen LogP) is 5.06. The number of halogens is 3. The van der Waals surface area contributed by atoms with E-state index in [2.05, 4.69) is 10.3 Å². The van der Waals surface area contributed by atoms with Crippen molar-refractivity contribution in [3.63, 3.8) is 0 Å². The van der Waals surface area contributed by atoms with E-state index >= 15 is 0 Å². The molecule has 2 aromatic carbocycles. The van der Waals surface area contributed by atoms with Gasteiger partial charge in [-0.05, 0) is 60.0 Å². The first kappa shape index (κ1) is 19.4. The van der Waals surface area contributed by atoms with Crippen LogP contribution in [0.4, 0.5) is 13.2 Å². The maximum absolute atomic E-state index is 13.2. The number of nitrogens with one attached hydrogen (secondary N) is 1. The van der Waals surface area contributed by atoms with Crippen molar-refractivity contribution in [2.45, 2.75) is 13.0 Å². The van der Waals surface area contributed by atoms with E-state index < -0.39 is 17.6 Å². The van der Waals surface area contributed by atoms with Gasteiger partial charge in [-0.3, -0.25) is 4.79 Å². The van der Waals surface area contributed by atoms with E-state index in [1.54, 1.807) is 6.07 Å². The molecule has 1 amide bonds. The van der Waals surface area contributed by atoms with Crippen molar-refractivity contribution in [2.75, 3.05) is 0 Å². The summed E-state index contributed by atoms with van der Waals surface area (Å²) in [4.78, 5) is 15.8. The molecule has 142 valence electrons. The average Bonchev–Trinajstić information content (AvgIpc) is 2.69. The van der Waals surface area contributed by atoms with Gasteiger partial charge in [0.05, 0.1) is 6.04 Å². The minimum absolute atomic E-state index is 0.296. The largest absolute Gasteiger partial charge is 0.346 e. The van der Waals surface area contributed by atoms with Crippen LogP contribution < -0.4 is 5.32 Å². The molecule has 1 unspecified atom stereocenters. The van der Waals surface area contributed by atoms with Crippen LogP contribution in [0.15, 0.2) is 66.9 Å². The number of aromatic nitrogens is 1. The quantitative estimate of drug-likeness (QED) is 0.495. The van der Waals surface area contributed by atoms with Gasteiger partial charge in [-0.25, -0.2) is 13.8 Å². The van der Waals surface area contributed by atoms with Gasteiger partial charge in [0.1, 0.15) is 0 Å². The van der Waals surface area contributed by atoms with Gasteiger partial charge in [0.15, 0.2) is 11.6 Å². The lowest BCUT2D eigenvalue weighted by molar-refractivity contribution is -0.117. The third kappa shape index (κ3) is 4.85. The summed E-state index contributed by atoms with van der Waals surface area (Å²) in [7, 11) is 0. The topological polar surface area (TPSA) is 42.0 Å². The van der Waals surface area contributed by atoms with Crippen molar-refractivity contribution in [1.29, 1.82) is 0 Å². The summed E-state index contributed by atoms with van der Waals surface area (Å²) in [5, 5.41) is 2.81. The van der Waals surface area contributed by atoms with Crippen LogP contribution in [0.5, 0.6) is 0 Å². The molecule has 0 spiro atoms. The first-order valence-electron chi connectivity index (χ1n) is 8.58. The number of carbonyl (C=O) groups is 1. The first-order valence-corrected chi connectivity index (χ1v) is 8.58. The molecule has 3 aromatic rings. The Morgan fingerprint density at radius 2 is 1.82 bits per heavy atom. The molecule has 1 aromatic heterocycles. The smallest absolute Gasteiger partial charge is 0.244 e. The van der Waals surface area contributed by atoms with Crippen LogP contribution in [0, 0.1) is 17.6 Å². The Morgan fingerprint density at radius 3 is 2.54 bits per heavy atom. The Hall–Kier alpha value is -3.41. The molecule has 0 aliphatic rings. The highest BCUT2D eigenvalue weighted by molar-refractivity contribution is 5.92. The highest BCUT2D eigenvalue weighted by Gasteiger charge is 2.09. The zero-order valence-electron chi connectivity index (χ0n) is 15.0. The third-order valence-electron chi connectivity index (χ3n) is 4.18. The van der Waals surface area contributed by atoms with E-state index in [9.17, 15) is 18.0 Å². The molecule has 0 fully saturated rings. The number of benzene rings is 2. The Labute approximate surface area is 160 Å². The normalized spacial score (nSPS) is 12.1. The number of hydrogen-bond acceptors (Lipinski definition) is 2. The average molecular weight is 382 g/mol. The Morgan fingerprint density at radius 1 is 1.00 bits per heavy atom. The Bertz CT molecular complexity index is 1020. The van der Waals surface area contributed by atoms with Crippen molar-refractivity contribution in [2.24, 2.45) is 0 Å². The molecule has 1 atom stereocenters. The molecule has 28 heavy (non-hydrogen) atoms. The summed E-state index contributed by atoms with van der Waals surface area (Å²) in [5.74, 6) is -2.83. The van der Waals surface area contributed by atoms with Gasteiger partial charge in [-0.1, -0.05) is 24.3 Å². The van der Waals surface area contributed by atoms with E-state index in [4.69, 9.17) is 0 Å². The molecule has 0 saturated carbocycles. The van der Waals surface area contributed by atoms with Crippen molar-refractivity contribution < 1.29 is 18.0 Å². The summed E-state index contributed by atoms with van der Waals surface area (Å²) < 4.78 is 39.1. The SMILES string of the molecule is CC(NC(=O)/C=C/c1ccc(F)c(F)c1)c1cccc(-c2ccc(F)nc2)c1. The minimum Gasteiger partial charge on any atom is -0.346 e. The fraction of sp³-hybridized carbons (Fsp3) is 0.0909. The lowest BCUT2D eigenvalue weighted by Crippen LogP contribution is -2.24. The van der Waals surface area contributed by atoms with Crippen LogP contribution in [0.3, 0.4) is 0 Å². The fourth-order valence-electron chi connectivity index (χ4n) is 2.67. The number of hydrogen-bond donors (Lipinski definition) is 1. The summed E-state index contributed by atoms with van der Waals surface area (Å²) in [6.07, 6.45) is 4.12. The van der Waals surface area contributed by atoms with Crippen molar-refractivity contribution in [3.8, 4) is 11.1 Å². The molecule has 0 aliphatic carbocycles. The standard InChI is InChI=1S/C22H17F3N2O/c1-14(27-22(28)10-6-15-5-8-19(23)20(24)11-15)16-3-2-4-17(12-16)18-7-9-21(25)26-13-18/h2-14H,1H3,(H,27,28)/b10-6+. The van der Waals surface area contributed by atoms with Crippen molar-refractivity contribution in [1.82, 2.24) is 10.3 Å². The second-order valence-electron chi connectivity index (χ2n) is 6.23. The second-order valence-corrected chi connectivity index (χ2v) is 6.23. The van der Waals surface area contributed by atoms with Gasteiger partial charge >= 0.3 is 0 Å². The lowest BCUT2D eigenvalue weighted by atomic mass is 10.0. The van der Waals surface area contributed by atoms with Gasteiger partial charge in [-0.15, -0.1) is 0 Å². The van der Waals surface area contributed by atoms with Gasteiger partial charge in [0, 0.05) is 17.8 Å². The zero-order valence-corrected chi connectivity index (χ0v) is 15.0. The third-order valence-corrected chi connectivity index (χ3v) is 4.18. The molecule has 0 bridgehead atoms. The highest BCUT2D eigenvalue weighted by atomic mass is 19.2. The van der Waals surface area contributed by atoms with Crippen molar-refractivity contribution >= 4 is 12.0 Å². The molecule has 0 radical (unpaired) electrons. The molecular weight excluding hydrogens is 365 g/mol. The number of pyridine rings is 1. The Kier molecular flexibility index (Phi) is 5.89. The monoisotopic (exact) mass is 382 g/mol. The summed E-state index contributed by atoms with van der Waals surface area (Å²) >= 11 is 0.